The highest BCUT2D eigenvalue weighted by Crippen LogP contribution is 2.28. The molecule has 0 aliphatic heterocycles. The highest BCUT2D eigenvalue weighted by molar-refractivity contribution is 5.71. The summed E-state index contributed by atoms with van der Waals surface area (Å²) in [5.41, 5.74) is 8.51. The zero-order valence-corrected chi connectivity index (χ0v) is 12.4. The molecule has 0 atom stereocenters. The van der Waals surface area contributed by atoms with Gasteiger partial charge < -0.3 is 10.3 Å². The summed E-state index contributed by atoms with van der Waals surface area (Å²) >= 11 is 0. The molecule has 1 aromatic heterocycles. The Hall–Kier alpha value is -1.84. The monoisotopic (exact) mass is 275 g/mol. The minimum Gasteiger partial charge on any atom is -0.383 e. The number of halogens is 1. The van der Waals surface area contributed by atoms with E-state index in [4.69, 9.17) is 5.73 Å². The predicted octanol–water partition coefficient (Wildman–Crippen LogP) is 3.94. The van der Waals surface area contributed by atoms with Gasteiger partial charge in [-0.05, 0) is 37.1 Å². The van der Waals surface area contributed by atoms with Gasteiger partial charge in [0.2, 0.25) is 0 Å². The fraction of sp³-hybridized carbons (Fsp3) is 0.438. The van der Waals surface area contributed by atoms with Crippen LogP contribution in [0.3, 0.4) is 0 Å². The number of anilines is 1. The first-order valence-corrected chi connectivity index (χ1v) is 7.19. The molecule has 0 unspecified atom stereocenters. The number of hydrogen-bond acceptors (Lipinski definition) is 2. The molecule has 2 rings (SSSR count). The van der Waals surface area contributed by atoms with E-state index in [1.165, 1.54) is 6.07 Å². The van der Waals surface area contributed by atoms with Crippen molar-refractivity contribution < 1.29 is 4.39 Å². The summed E-state index contributed by atoms with van der Waals surface area (Å²) < 4.78 is 15.5. The third kappa shape index (κ3) is 2.69. The van der Waals surface area contributed by atoms with Gasteiger partial charge >= 0.3 is 0 Å². The molecular weight excluding hydrogens is 253 g/mol. The molecule has 4 heteroatoms. The molecule has 3 nitrogen and oxygen atoms in total. The molecule has 0 saturated heterocycles. The van der Waals surface area contributed by atoms with E-state index in [1.54, 1.807) is 19.1 Å². The van der Waals surface area contributed by atoms with Crippen LogP contribution in [-0.2, 0) is 13.0 Å². The second-order valence-electron chi connectivity index (χ2n) is 5.08. The van der Waals surface area contributed by atoms with Crippen LogP contribution in [0.5, 0.6) is 0 Å². The van der Waals surface area contributed by atoms with Crippen molar-refractivity contribution in [1.29, 1.82) is 0 Å². The standard InChI is InChI=1S/C16H22FN3/c1-4-6-9-20-14(5-2)19-15(16(20)18)12-7-8-13(17)11(3)10-12/h7-8,10H,4-6,9,18H2,1-3H3. The van der Waals surface area contributed by atoms with Gasteiger partial charge in [-0.25, -0.2) is 9.37 Å². The Morgan fingerprint density at radius 2 is 2.05 bits per heavy atom. The number of aromatic nitrogens is 2. The van der Waals surface area contributed by atoms with Gasteiger partial charge in [0.25, 0.3) is 0 Å². The molecule has 0 aliphatic rings. The molecular formula is C16H22FN3. The Kier molecular flexibility index (Phi) is 4.42. The molecule has 1 aromatic carbocycles. The number of hydrogen-bond donors (Lipinski definition) is 1. The molecule has 0 saturated carbocycles. The lowest BCUT2D eigenvalue weighted by Gasteiger charge is -2.08. The summed E-state index contributed by atoms with van der Waals surface area (Å²) in [5.74, 6) is 1.47. The first-order chi connectivity index (χ1) is 9.58. The number of unbranched alkanes of at least 4 members (excludes halogenated alkanes) is 1. The van der Waals surface area contributed by atoms with Crippen molar-refractivity contribution in [1.82, 2.24) is 9.55 Å². The van der Waals surface area contributed by atoms with Crippen molar-refractivity contribution in [2.45, 2.75) is 46.6 Å². The number of nitrogen functional groups attached to an aromatic ring is 1. The van der Waals surface area contributed by atoms with E-state index in [1.807, 2.05) is 0 Å². The van der Waals surface area contributed by atoms with E-state index in [0.29, 0.717) is 11.4 Å². The maximum absolute atomic E-state index is 13.4. The van der Waals surface area contributed by atoms with Crippen LogP contribution in [0.1, 0.15) is 38.1 Å². The maximum Gasteiger partial charge on any atom is 0.131 e. The molecule has 108 valence electrons. The molecule has 1 heterocycles. The second kappa shape index (κ2) is 6.07. The largest absolute Gasteiger partial charge is 0.383 e. The molecule has 0 fully saturated rings. The zero-order valence-electron chi connectivity index (χ0n) is 12.4. The van der Waals surface area contributed by atoms with Crippen molar-refractivity contribution in [3.8, 4) is 11.3 Å². The van der Waals surface area contributed by atoms with Gasteiger partial charge in [-0.2, -0.15) is 0 Å². The normalized spacial score (nSPS) is 11.0. The number of imidazole rings is 1. The lowest BCUT2D eigenvalue weighted by Crippen LogP contribution is -2.06. The smallest absolute Gasteiger partial charge is 0.131 e. The Balaban J connectivity index is 2.46. The van der Waals surface area contributed by atoms with Crippen LogP contribution in [0.4, 0.5) is 10.2 Å². The van der Waals surface area contributed by atoms with E-state index >= 15 is 0 Å². The van der Waals surface area contributed by atoms with Gasteiger partial charge in [-0.15, -0.1) is 0 Å². The molecule has 0 aliphatic carbocycles. The Bertz CT molecular complexity index is 602. The van der Waals surface area contributed by atoms with E-state index < -0.39 is 0 Å². The Morgan fingerprint density at radius 3 is 2.65 bits per heavy atom. The van der Waals surface area contributed by atoms with Gasteiger partial charge in [0.05, 0.1) is 0 Å². The quantitative estimate of drug-likeness (QED) is 0.898. The molecule has 2 N–H and O–H groups in total. The summed E-state index contributed by atoms with van der Waals surface area (Å²) in [5, 5.41) is 0. The Morgan fingerprint density at radius 1 is 1.30 bits per heavy atom. The van der Waals surface area contributed by atoms with Crippen LogP contribution in [0, 0.1) is 12.7 Å². The average Bonchev–Trinajstić information content (AvgIpc) is 2.76. The molecule has 0 spiro atoms. The van der Waals surface area contributed by atoms with Crippen molar-refractivity contribution in [2.75, 3.05) is 5.73 Å². The second-order valence-corrected chi connectivity index (χ2v) is 5.08. The van der Waals surface area contributed by atoms with Crippen molar-refractivity contribution in [3.63, 3.8) is 0 Å². The molecule has 0 amide bonds. The molecule has 20 heavy (non-hydrogen) atoms. The van der Waals surface area contributed by atoms with Gasteiger partial charge in [0.15, 0.2) is 0 Å². The average molecular weight is 275 g/mol. The topological polar surface area (TPSA) is 43.8 Å². The minimum absolute atomic E-state index is 0.201. The summed E-state index contributed by atoms with van der Waals surface area (Å²) in [6, 6.07) is 5.02. The summed E-state index contributed by atoms with van der Waals surface area (Å²) in [6.45, 7) is 6.87. The first kappa shape index (κ1) is 14.6. The van der Waals surface area contributed by atoms with Gasteiger partial charge in [0.1, 0.15) is 23.2 Å². The van der Waals surface area contributed by atoms with Crippen LogP contribution >= 0.6 is 0 Å². The lowest BCUT2D eigenvalue weighted by molar-refractivity contribution is 0.612. The van der Waals surface area contributed by atoms with Crippen LogP contribution in [-0.4, -0.2) is 9.55 Å². The van der Waals surface area contributed by atoms with Gasteiger partial charge in [-0.1, -0.05) is 20.3 Å². The third-order valence-electron chi connectivity index (χ3n) is 3.57. The van der Waals surface area contributed by atoms with E-state index in [0.717, 1.165) is 42.9 Å². The SMILES string of the molecule is CCCCn1c(CC)nc(-c2ccc(F)c(C)c2)c1N. The van der Waals surface area contributed by atoms with E-state index in [2.05, 4.69) is 23.4 Å². The maximum atomic E-state index is 13.4. The third-order valence-corrected chi connectivity index (χ3v) is 3.57. The molecule has 0 radical (unpaired) electrons. The Labute approximate surface area is 119 Å². The molecule has 0 bridgehead atoms. The number of rotatable bonds is 5. The van der Waals surface area contributed by atoms with Crippen LogP contribution < -0.4 is 5.73 Å². The van der Waals surface area contributed by atoms with Crippen molar-refractivity contribution in [3.05, 3.63) is 35.4 Å². The lowest BCUT2D eigenvalue weighted by atomic mass is 10.1. The summed E-state index contributed by atoms with van der Waals surface area (Å²) in [4.78, 5) is 4.64. The summed E-state index contributed by atoms with van der Waals surface area (Å²) in [6.07, 6.45) is 3.04. The van der Waals surface area contributed by atoms with Crippen LogP contribution in [0.25, 0.3) is 11.3 Å². The summed E-state index contributed by atoms with van der Waals surface area (Å²) in [7, 11) is 0. The number of nitrogens with zero attached hydrogens (tertiary/aromatic N) is 2. The minimum atomic E-state index is -0.201. The van der Waals surface area contributed by atoms with Gasteiger partial charge in [-0.3, -0.25) is 0 Å². The fourth-order valence-corrected chi connectivity index (χ4v) is 2.35. The zero-order chi connectivity index (χ0) is 14.7. The predicted molar refractivity (Wildman–Crippen MR) is 81.1 cm³/mol. The van der Waals surface area contributed by atoms with E-state index in [9.17, 15) is 4.39 Å². The van der Waals surface area contributed by atoms with Gasteiger partial charge in [0, 0.05) is 18.5 Å². The molecule has 2 aromatic rings. The number of aryl methyl sites for hydroxylation is 2. The number of benzene rings is 1. The highest BCUT2D eigenvalue weighted by atomic mass is 19.1. The van der Waals surface area contributed by atoms with Crippen LogP contribution in [0.15, 0.2) is 18.2 Å². The van der Waals surface area contributed by atoms with Crippen LogP contribution in [0.2, 0.25) is 0 Å². The highest BCUT2D eigenvalue weighted by Gasteiger charge is 2.15. The first-order valence-electron chi connectivity index (χ1n) is 7.19. The number of nitrogens with two attached hydrogens (primary N) is 1. The fourth-order valence-electron chi connectivity index (χ4n) is 2.35. The van der Waals surface area contributed by atoms with Crippen molar-refractivity contribution in [2.24, 2.45) is 0 Å². The van der Waals surface area contributed by atoms with Crippen molar-refractivity contribution >= 4 is 5.82 Å². The van der Waals surface area contributed by atoms with E-state index in [-0.39, 0.29) is 5.82 Å².